The van der Waals surface area contributed by atoms with Crippen molar-refractivity contribution in [1.29, 1.82) is 0 Å². The summed E-state index contributed by atoms with van der Waals surface area (Å²) >= 11 is 1.52. The molecule has 0 bridgehead atoms. The Labute approximate surface area is 111 Å². The van der Waals surface area contributed by atoms with Gasteiger partial charge < -0.3 is 10.4 Å². The Bertz CT molecular complexity index is 406. The van der Waals surface area contributed by atoms with Crippen LogP contribution in [0.25, 0.3) is 0 Å². The van der Waals surface area contributed by atoms with Crippen LogP contribution in [0.5, 0.6) is 0 Å². The zero-order valence-electron chi connectivity index (χ0n) is 10.9. The van der Waals surface area contributed by atoms with Gasteiger partial charge in [0.25, 0.3) is 0 Å². The molecule has 1 aromatic heterocycles. The smallest absolute Gasteiger partial charge is 0.305 e. The number of hydrogen-bond acceptors (Lipinski definition) is 3. The molecule has 1 atom stereocenters. The zero-order valence-corrected chi connectivity index (χ0v) is 11.7. The van der Waals surface area contributed by atoms with Gasteiger partial charge in [0.05, 0.1) is 12.8 Å². The van der Waals surface area contributed by atoms with Crippen LogP contribution in [0.3, 0.4) is 0 Å². The van der Waals surface area contributed by atoms with Crippen molar-refractivity contribution >= 4 is 23.2 Å². The molecule has 1 heterocycles. The monoisotopic (exact) mass is 269 g/mol. The summed E-state index contributed by atoms with van der Waals surface area (Å²) in [7, 11) is 0. The number of nitrogens with one attached hydrogen (secondary N) is 1. The number of hydrogen-bond donors (Lipinski definition) is 2. The zero-order chi connectivity index (χ0) is 13.8. The maximum atomic E-state index is 11.9. The van der Waals surface area contributed by atoms with Gasteiger partial charge in [0, 0.05) is 10.9 Å². The summed E-state index contributed by atoms with van der Waals surface area (Å²) in [4.78, 5) is 23.6. The topological polar surface area (TPSA) is 66.4 Å². The number of carboxylic acids is 1. The minimum Gasteiger partial charge on any atom is -0.481 e. The third-order valence-electron chi connectivity index (χ3n) is 2.67. The van der Waals surface area contributed by atoms with Gasteiger partial charge in [-0.1, -0.05) is 26.8 Å². The highest BCUT2D eigenvalue weighted by molar-refractivity contribution is 7.10. The number of carbonyl (C=O) groups excluding carboxylic acids is 1. The van der Waals surface area contributed by atoms with Gasteiger partial charge in [0.1, 0.15) is 0 Å². The van der Waals surface area contributed by atoms with E-state index >= 15 is 0 Å². The molecule has 1 unspecified atom stereocenters. The van der Waals surface area contributed by atoms with Crippen molar-refractivity contribution in [2.75, 3.05) is 0 Å². The Morgan fingerprint density at radius 3 is 2.56 bits per heavy atom. The lowest BCUT2D eigenvalue weighted by Gasteiger charge is -2.30. The van der Waals surface area contributed by atoms with Crippen molar-refractivity contribution in [2.24, 2.45) is 5.41 Å². The first-order chi connectivity index (χ1) is 8.29. The Balaban J connectivity index is 2.60. The van der Waals surface area contributed by atoms with E-state index in [9.17, 15) is 9.59 Å². The van der Waals surface area contributed by atoms with Crippen molar-refractivity contribution in [3.63, 3.8) is 0 Å². The second-order valence-electron chi connectivity index (χ2n) is 5.34. The van der Waals surface area contributed by atoms with Crippen molar-refractivity contribution in [2.45, 2.75) is 39.7 Å². The van der Waals surface area contributed by atoms with Gasteiger partial charge in [0.15, 0.2) is 0 Å². The molecule has 0 saturated carbocycles. The minimum absolute atomic E-state index is 0.0559. The summed E-state index contributed by atoms with van der Waals surface area (Å²) in [6.07, 6.45) is 0.254. The Morgan fingerprint density at radius 1 is 1.44 bits per heavy atom. The van der Waals surface area contributed by atoms with Gasteiger partial charge in [-0.05, 0) is 16.9 Å². The maximum absolute atomic E-state index is 11.9. The molecule has 0 fully saturated rings. The average Bonchev–Trinajstić information content (AvgIpc) is 2.67. The highest BCUT2D eigenvalue weighted by Gasteiger charge is 2.28. The Hall–Kier alpha value is -1.36. The molecule has 0 saturated heterocycles. The van der Waals surface area contributed by atoms with Crippen LogP contribution >= 0.6 is 11.3 Å². The largest absolute Gasteiger partial charge is 0.481 e. The second-order valence-corrected chi connectivity index (χ2v) is 6.37. The molecule has 0 aliphatic carbocycles. The molecular formula is C13H19NO3S. The first kappa shape index (κ1) is 14.7. The molecule has 18 heavy (non-hydrogen) atoms. The second kappa shape index (κ2) is 6.00. The van der Waals surface area contributed by atoms with Crippen LogP contribution in [0.4, 0.5) is 0 Å². The van der Waals surface area contributed by atoms with Crippen LogP contribution in [0.15, 0.2) is 17.5 Å². The Kier molecular flexibility index (Phi) is 4.90. The quantitative estimate of drug-likeness (QED) is 0.862. The molecule has 1 rings (SSSR count). The lowest BCUT2D eigenvalue weighted by Crippen LogP contribution is -2.45. The maximum Gasteiger partial charge on any atom is 0.305 e. The highest BCUT2D eigenvalue weighted by atomic mass is 32.1. The standard InChI is InChI=1S/C13H19NO3S/c1-13(2,3)10(8-12(16)17)14-11(15)7-9-5-4-6-18-9/h4-6,10H,7-8H2,1-3H3,(H,14,15)(H,16,17). The number of amides is 1. The van der Waals surface area contributed by atoms with Crippen LogP contribution < -0.4 is 5.32 Å². The van der Waals surface area contributed by atoms with Crippen LogP contribution in [0.2, 0.25) is 0 Å². The molecule has 100 valence electrons. The average molecular weight is 269 g/mol. The van der Waals surface area contributed by atoms with Gasteiger partial charge in [-0.25, -0.2) is 0 Å². The number of carbonyl (C=O) groups is 2. The van der Waals surface area contributed by atoms with Gasteiger partial charge in [-0.15, -0.1) is 11.3 Å². The number of thiophene rings is 1. The fraction of sp³-hybridized carbons (Fsp3) is 0.538. The van der Waals surface area contributed by atoms with E-state index in [-0.39, 0.29) is 23.8 Å². The number of rotatable bonds is 5. The normalized spacial score (nSPS) is 13.1. The fourth-order valence-electron chi connectivity index (χ4n) is 1.57. The Morgan fingerprint density at radius 2 is 2.11 bits per heavy atom. The van der Waals surface area contributed by atoms with Gasteiger partial charge in [-0.2, -0.15) is 0 Å². The SMILES string of the molecule is CC(C)(C)C(CC(=O)O)NC(=O)Cc1cccs1. The molecule has 2 N–H and O–H groups in total. The van der Waals surface area contributed by atoms with Crippen LogP contribution in [0.1, 0.15) is 32.1 Å². The van der Waals surface area contributed by atoms with Crippen molar-refractivity contribution in [3.8, 4) is 0 Å². The third kappa shape index (κ3) is 4.87. The summed E-state index contributed by atoms with van der Waals surface area (Å²) < 4.78 is 0. The summed E-state index contributed by atoms with van der Waals surface area (Å²) in [5, 5.41) is 13.6. The van der Waals surface area contributed by atoms with E-state index in [0.29, 0.717) is 6.42 Å². The molecule has 1 aromatic rings. The van der Waals surface area contributed by atoms with Gasteiger partial charge in [0.2, 0.25) is 5.91 Å². The predicted octanol–water partition coefficient (Wildman–Crippen LogP) is 2.30. The summed E-state index contributed by atoms with van der Waals surface area (Å²) in [6, 6.07) is 3.43. The van der Waals surface area contributed by atoms with E-state index < -0.39 is 5.97 Å². The number of aliphatic carboxylic acids is 1. The molecular weight excluding hydrogens is 250 g/mol. The molecule has 1 amide bonds. The molecule has 0 aromatic carbocycles. The molecule has 0 aliphatic heterocycles. The molecule has 0 spiro atoms. The highest BCUT2D eigenvalue weighted by Crippen LogP contribution is 2.22. The minimum atomic E-state index is -0.897. The first-order valence-electron chi connectivity index (χ1n) is 5.82. The van der Waals surface area contributed by atoms with Gasteiger partial charge >= 0.3 is 5.97 Å². The van der Waals surface area contributed by atoms with Crippen molar-refractivity contribution in [1.82, 2.24) is 5.32 Å². The lowest BCUT2D eigenvalue weighted by molar-refractivity contribution is -0.138. The number of carboxylic acid groups (broad SMARTS) is 1. The van der Waals surface area contributed by atoms with Crippen LogP contribution in [-0.4, -0.2) is 23.0 Å². The summed E-state index contributed by atoms with van der Waals surface area (Å²) in [5.41, 5.74) is -0.274. The van der Waals surface area contributed by atoms with Crippen LogP contribution in [0, 0.1) is 5.41 Å². The van der Waals surface area contributed by atoms with E-state index in [1.165, 1.54) is 11.3 Å². The van der Waals surface area contributed by atoms with Crippen molar-refractivity contribution < 1.29 is 14.7 Å². The van der Waals surface area contributed by atoms with Gasteiger partial charge in [-0.3, -0.25) is 9.59 Å². The van der Waals surface area contributed by atoms with E-state index in [4.69, 9.17) is 5.11 Å². The molecule has 4 nitrogen and oxygen atoms in total. The van der Waals surface area contributed by atoms with E-state index in [1.54, 1.807) is 0 Å². The summed E-state index contributed by atoms with van der Waals surface area (Å²) in [5.74, 6) is -1.02. The predicted molar refractivity (Wildman–Crippen MR) is 71.7 cm³/mol. The van der Waals surface area contributed by atoms with E-state index in [2.05, 4.69) is 5.32 Å². The summed E-state index contributed by atoms with van der Waals surface area (Å²) in [6.45, 7) is 5.77. The first-order valence-corrected chi connectivity index (χ1v) is 6.70. The molecule has 0 aliphatic rings. The van der Waals surface area contributed by atoms with Crippen molar-refractivity contribution in [3.05, 3.63) is 22.4 Å². The van der Waals surface area contributed by atoms with E-state index in [0.717, 1.165) is 4.88 Å². The fourth-order valence-corrected chi connectivity index (χ4v) is 2.27. The lowest BCUT2D eigenvalue weighted by atomic mass is 9.84. The molecule has 5 heteroatoms. The van der Waals surface area contributed by atoms with E-state index in [1.807, 2.05) is 38.3 Å². The van der Waals surface area contributed by atoms with Crippen LogP contribution in [-0.2, 0) is 16.0 Å². The third-order valence-corrected chi connectivity index (χ3v) is 3.55. The molecule has 0 radical (unpaired) electrons.